The Morgan fingerprint density at radius 2 is 2.12 bits per heavy atom. The fraction of sp³-hybridized carbons (Fsp3) is 0.667. The van der Waals surface area contributed by atoms with Crippen LogP contribution in [0, 0.1) is 11.8 Å². The number of methoxy groups -OCH3 is 1. The maximum Gasteiger partial charge on any atom is 0.248 e. The molecule has 3 unspecified atom stereocenters. The molecule has 0 aromatic heterocycles. The van der Waals surface area contributed by atoms with Gasteiger partial charge >= 0.3 is 0 Å². The van der Waals surface area contributed by atoms with Gasteiger partial charge in [-0.2, -0.15) is 0 Å². The van der Waals surface area contributed by atoms with E-state index in [0.29, 0.717) is 23.9 Å². The van der Waals surface area contributed by atoms with Crippen LogP contribution in [-0.4, -0.2) is 48.8 Å². The Hall–Kier alpha value is -1.43. The molecule has 2 saturated carbocycles. The van der Waals surface area contributed by atoms with Crippen molar-refractivity contribution in [3.63, 3.8) is 0 Å². The Morgan fingerprint density at radius 3 is 2.73 bits per heavy atom. The van der Waals surface area contributed by atoms with E-state index >= 15 is 0 Å². The average Bonchev–Trinajstić information content (AvgIpc) is 3.32. The van der Waals surface area contributed by atoms with Crippen LogP contribution in [0.25, 0.3) is 0 Å². The van der Waals surface area contributed by atoms with Gasteiger partial charge < -0.3 is 20.5 Å². The quantitative estimate of drug-likeness (QED) is 0.783. The third-order valence-electron chi connectivity index (χ3n) is 6.39. The van der Waals surface area contributed by atoms with Crippen LogP contribution in [0.3, 0.4) is 0 Å². The largest absolute Gasteiger partial charge is 0.389 e. The van der Waals surface area contributed by atoms with E-state index in [1.165, 1.54) is 6.42 Å². The molecule has 5 nitrogen and oxygen atoms in total. The highest BCUT2D eigenvalue weighted by Crippen LogP contribution is 2.49. The van der Waals surface area contributed by atoms with Crippen molar-refractivity contribution in [1.82, 2.24) is 4.90 Å². The van der Waals surface area contributed by atoms with E-state index in [1.54, 1.807) is 13.2 Å². The Morgan fingerprint density at radius 1 is 1.38 bits per heavy atom. The van der Waals surface area contributed by atoms with Crippen molar-refractivity contribution >= 4 is 5.91 Å². The number of carbonyl (C=O) groups is 1. The summed E-state index contributed by atoms with van der Waals surface area (Å²) in [6, 6.07) is 7.60. The van der Waals surface area contributed by atoms with Crippen molar-refractivity contribution in [2.75, 3.05) is 27.2 Å². The first kappa shape index (κ1) is 19.3. The smallest absolute Gasteiger partial charge is 0.248 e. The number of aliphatic hydroxyl groups is 1. The standard InChI is InChI=1S/C21H32N2O3/c1-15-6-4-9-18(13-23(2)14-20(25)10-11-20)21(15,26-3)17-8-5-7-16(12-17)19(22)24/h5,7-8,12,15,18,25H,4,6,9-11,13-14H2,1-3H3,(H2,22,24). The number of nitrogens with zero attached hydrogens (tertiary/aromatic N) is 1. The number of rotatable bonds is 7. The molecule has 26 heavy (non-hydrogen) atoms. The predicted octanol–water partition coefficient (Wildman–Crippen LogP) is 2.52. The highest BCUT2D eigenvalue weighted by atomic mass is 16.5. The molecule has 1 aromatic carbocycles. The van der Waals surface area contributed by atoms with Crippen molar-refractivity contribution < 1.29 is 14.6 Å². The van der Waals surface area contributed by atoms with Crippen LogP contribution in [0.1, 0.15) is 54.9 Å². The van der Waals surface area contributed by atoms with E-state index in [2.05, 4.69) is 24.9 Å². The molecule has 144 valence electrons. The molecule has 3 N–H and O–H groups in total. The monoisotopic (exact) mass is 360 g/mol. The molecular formula is C21H32N2O3. The summed E-state index contributed by atoms with van der Waals surface area (Å²) in [5.74, 6) is 0.227. The number of carbonyl (C=O) groups excluding carboxylic acids is 1. The fourth-order valence-electron chi connectivity index (χ4n) is 4.90. The van der Waals surface area contributed by atoms with Gasteiger partial charge in [0.25, 0.3) is 0 Å². The normalized spacial score (nSPS) is 30.3. The molecule has 3 rings (SSSR count). The molecule has 1 amide bonds. The number of likely N-dealkylation sites (N-methyl/N-ethyl adjacent to an activating group) is 1. The number of hydrogen-bond acceptors (Lipinski definition) is 4. The van der Waals surface area contributed by atoms with E-state index in [0.717, 1.165) is 37.8 Å². The summed E-state index contributed by atoms with van der Waals surface area (Å²) in [4.78, 5) is 13.9. The molecule has 0 heterocycles. The molecule has 0 radical (unpaired) electrons. The zero-order chi connectivity index (χ0) is 18.9. The topological polar surface area (TPSA) is 75.8 Å². The lowest BCUT2D eigenvalue weighted by Crippen LogP contribution is -2.50. The van der Waals surface area contributed by atoms with E-state index in [9.17, 15) is 9.90 Å². The van der Waals surface area contributed by atoms with Gasteiger partial charge in [-0.05, 0) is 56.3 Å². The minimum atomic E-state index is -0.489. The van der Waals surface area contributed by atoms with Gasteiger partial charge in [-0.15, -0.1) is 0 Å². The first-order valence-electron chi connectivity index (χ1n) is 9.67. The van der Waals surface area contributed by atoms with Gasteiger partial charge in [0.05, 0.1) is 11.2 Å². The van der Waals surface area contributed by atoms with Gasteiger partial charge in [-0.3, -0.25) is 4.79 Å². The molecular weight excluding hydrogens is 328 g/mol. The van der Waals surface area contributed by atoms with Crippen molar-refractivity contribution in [2.45, 2.75) is 50.2 Å². The van der Waals surface area contributed by atoms with Crippen molar-refractivity contribution in [1.29, 1.82) is 0 Å². The molecule has 0 spiro atoms. The number of amides is 1. The molecule has 0 aliphatic heterocycles. The molecule has 0 saturated heterocycles. The number of hydrogen-bond donors (Lipinski definition) is 2. The van der Waals surface area contributed by atoms with Crippen LogP contribution >= 0.6 is 0 Å². The molecule has 0 bridgehead atoms. The van der Waals surface area contributed by atoms with Crippen LogP contribution in [0.5, 0.6) is 0 Å². The molecule has 2 aliphatic carbocycles. The first-order chi connectivity index (χ1) is 12.3. The summed E-state index contributed by atoms with van der Waals surface area (Å²) >= 11 is 0. The van der Waals surface area contributed by atoms with Gasteiger partial charge in [0.1, 0.15) is 0 Å². The molecule has 2 fully saturated rings. The van der Waals surface area contributed by atoms with Crippen LogP contribution in [0.4, 0.5) is 0 Å². The van der Waals surface area contributed by atoms with Gasteiger partial charge in [0.15, 0.2) is 0 Å². The second-order valence-corrected chi connectivity index (χ2v) is 8.39. The van der Waals surface area contributed by atoms with E-state index in [1.807, 2.05) is 12.1 Å². The van der Waals surface area contributed by atoms with E-state index in [4.69, 9.17) is 10.5 Å². The maximum atomic E-state index is 11.7. The molecule has 2 aliphatic rings. The minimum absolute atomic E-state index is 0.298. The van der Waals surface area contributed by atoms with Crippen LogP contribution < -0.4 is 5.73 Å². The van der Waals surface area contributed by atoms with Crippen molar-refractivity contribution in [3.05, 3.63) is 35.4 Å². The van der Waals surface area contributed by atoms with Gasteiger partial charge in [-0.25, -0.2) is 0 Å². The molecule has 1 aromatic rings. The second-order valence-electron chi connectivity index (χ2n) is 8.39. The second kappa shape index (κ2) is 7.29. The highest BCUT2D eigenvalue weighted by Gasteiger charge is 2.49. The molecule has 5 heteroatoms. The Labute approximate surface area is 156 Å². The predicted molar refractivity (Wildman–Crippen MR) is 102 cm³/mol. The maximum absolute atomic E-state index is 11.7. The zero-order valence-electron chi connectivity index (χ0n) is 16.2. The lowest BCUT2D eigenvalue weighted by molar-refractivity contribution is -0.132. The Balaban J connectivity index is 1.91. The summed E-state index contributed by atoms with van der Waals surface area (Å²) in [6.07, 6.45) is 5.13. The minimum Gasteiger partial charge on any atom is -0.389 e. The SMILES string of the molecule is COC1(c2cccc(C(N)=O)c2)C(C)CCCC1CN(C)CC1(O)CC1. The highest BCUT2D eigenvalue weighted by molar-refractivity contribution is 5.92. The van der Waals surface area contributed by atoms with Gasteiger partial charge in [0.2, 0.25) is 5.91 Å². The summed E-state index contributed by atoms with van der Waals surface area (Å²) < 4.78 is 6.23. The first-order valence-corrected chi connectivity index (χ1v) is 9.67. The number of ether oxygens (including phenoxy) is 1. The van der Waals surface area contributed by atoms with Crippen LogP contribution in [0.2, 0.25) is 0 Å². The Bertz CT molecular complexity index is 658. The van der Waals surface area contributed by atoms with E-state index in [-0.39, 0.29) is 0 Å². The zero-order valence-corrected chi connectivity index (χ0v) is 16.2. The van der Waals surface area contributed by atoms with Crippen LogP contribution in [0.15, 0.2) is 24.3 Å². The van der Waals surface area contributed by atoms with E-state index < -0.39 is 17.1 Å². The third-order valence-corrected chi connectivity index (χ3v) is 6.39. The number of nitrogens with two attached hydrogens (primary N) is 1. The summed E-state index contributed by atoms with van der Waals surface area (Å²) in [7, 11) is 3.86. The number of primary amides is 1. The fourth-order valence-corrected chi connectivity index (χ4v) is 4.90. The van der Waals surface area contributed by atoms with Gasteiger partial charge in [0, 0.05) is 31.7 Å². The number of benzene rings is 1. The summed E-state index contributed by atoms with van der Waals surface area (Å²) in [6.45, 7) is 3.81. The van der Waals surface area contributed by atoms with Gasteiger partial charge in [-0.1, -0.05) is 25.5 Å². The lowest BCUT2D eigenvalue weighted by Gasteiger charge is -2.49. The average molecular weight is 360 g/mol. The third kappa shape index (κ3) is 3.66. The molecule has 3 atom stereocenters. The van der Waals surface area contributed by atoms with Crippen LogP contribution in [-0.2, 0) is 10.3 Å². The van der Waals surface area contributed by atoms with Crippen molar-refractivity contribution in [3.8, 4) is 0 Å². The lowest BCUT2D eigenvalue weighted by atomic mass is 9.65. The Kier molecular flexibility index (Phi) is 5.42. The van der Waals surface area contributed by atoms with Crippen molar-refractivity contribution in [2.24, 2.45) is 17.6 Å². The summed E-state index contributed by atoms with van der Waals surface area (Å²) in [5.41, 5.74) is 6.14. The summed E-state index contributed by atoms with van der Waals surface area (Å²) in [5, 5.41) is 10.3.